The lowest BCUT2D eigenvalue weighted by molar-refractivity contribution is -0.123. The standard InChI is InChI=1S/C19H22N8O3/c1-25-11-14(22-24-25)16-9-13(19(29)26-8-4-3-5-15(26)18(20)28)23-27(16)12-6-7-17(30-2)21-10-12/h6-7,9-11,15H,3-5,8H2,1-2H3,(H2,20,28). The van der Waals surface area contributed by atoms with Crippen LogP contribution in [-0.2, 0) is 11.8 Å². The van der Waals surface area contributed by atoms with E-state index in [0.29, 0.717) is 35.9 Å². The van der Waals surface area contributed by atoms with Gasteiger partial charge in [0, 0.05) is 19.7 Å². The lowest BCUT2D eigenvalue weighted by atomic mass is 10.0. The molecule has 0 aromatic carbocycles. The predicted molar refractivity (Wildman–Crippen MR) is 106 cm³/mol. The minimum atomic E-state index is -0.626. The molecule has 1 aliphatic heterocycles. The number of nitrogens with two attached hydrogens (primary N) is 1. The van der Waals surface area contributed by atoms with Crippen LogP contribution in [0, 0.1) is 0 Å². The lowest BCUT2D eigenvalue weighted by Crippen LogP contribution is -2.50. The summed E-state index contributed by atoms with van der Waals surface area (Å²) in [6.45, 7) is 0.462. The van der Waals surface area contributed by atoms with Gasteiger partial charge in [0.25, 0.3) is 5.91 Å². The summed E-state index contributed by atoms with van der Waals surface area (Å²) in [7, 11) is 3.29. The van der Waals surface area contributed by atoms with E-state index < -0.39 is 11.9 Å². The normalized spacial score (nSPS) is 16.5. The van der Waals surface area contributed by atoms with Crippen LogP contribution in [0.2, 0.25) is 0 Å². The number of ether oxygens (including phenoxy) is 1. The number of nitrogens with zero attached hydrogens (tertiary/aromatic N) is 7. The number of carbonyl (C=O) groups excluding carboxylic acids is 2. The van der Waals surface area contributed by atoms with Gasteiger partial charge in [-0.05, 0) is 31.4 Å². The van der Waals surface area contributed by atoms with Gasteiger partial charge in [0.2, 0.25) is 11.8 Å². The third-order valence-electron chi connectivity index (χ3n) is 5.06. The minimum absolute atomic E-state index is 0.194. The van der Waals surface area contributed by atoms with Crippen molar-refractivity contribution < 1.29 is 14.3 Å². The third kappa shape index (κ3) is 3.61. The van der Waals surface area contributed by atoms with E-state index in [2.05, 4.69) is 20.4 Å². The maximum Gasteiger partial charge on any atom is 0.275 e. The third-order valence-corrected chi connectivity index (χ3v) is 5.06. The summed E-state index contributed by atoms with van der Waals surface area (Å²) in [6, 6.07) is 4.50. The molecule has 1 fully saturated rings. The van der Waals surface area contributed by atoms with Gasteiger partial charge in [0.15, 0.2) is 5.69 Å². The fraction of sp³-hybridized carbons (Fsp3) is 0.368. The number of hydrogen-bond donors (Lipinski definition) is 1. The van der Waals surface area contributed by atoms with E-state index in [4.69, 9.17) is 10.5 Å². The quantitative estimate of drug-likeness (QED) is 0.649. The van der Waals surface area contributed by atoms with Crippen molar-refractivity contribution in [1.29, 1.82) is 0 Å². The molecule has 3 aromatic rings. The molecule has 1 unspecified atom stereocenters. The summed E-state index contributed by atoms with van der Waals surface area (Å²) in [5, 5.41) is 12.6. The highest BCUT2D eigenvalue weighted by Crippen LogP contribution is 2.25. The number of aryl methyl sites for hydroxylation is 1. The average Bonchev–Trinajstić information content (AvgIpc) is 3.39. The molecule has 2 N–H and O–H groups in total. The molecule has 1 aliphatic rings. The Morgan fingerprint density at radius 2 is 2.10 bits per heavy atom. The summed E-state index contributed by atoms with van der Waals surface area (Å²) in [5.41, 5.74) is 7.46. The second-order valence-corrected chi connectivity index (χ2v) is 7.08. The first-order valence-corrected chi connectivity index (χ1v) is 9.55. The fourth-order valence-corrected chi connectivity index (χ4v) is 3.57. The number of hydrogen-bond acceptors (Lipinski definition) is 7. The molecule has 1 saturated heterocycles. The highest BCUT2D eigenvalue weighted by atomic mass is 16.5. The van der Waals surface area contributed by atoms with Crippen LogP contribution in [0.5, 0.6) is 5.88 Å². The van der Waals surface area contributed by atoms with Gasteiger partial charge in [-0.1, -0.05) is 5.21 Å². The molecule has 1 atom stereocenters. The summed E-state index contributed by atoms with van der Waals surface area (Å²) >= 11 is 0. The molecule has 3 aromatic heterocycles. The maximum atomic E-state index is 13.2. The van der Waals surface area contributed by atoms with E-state index in [9.17, 15) is 9.59 Å². The van der Waals surface area contributed by atoms with Crippen LogP contribution in [0.4, 0.5) is 0 Å². The minimum Gasteiger partial charge on any atom is -0.481 e. The number of carbonyl (C=O) groups is 2. The SMILES string of the molecule is COc1ccc(-n2nc(C(=O)N3CCCCC3C(N)=O)cc2-c2cn(C)nn2)cn1. The average molecular weight is 410 g/mol. The Labute approximate surface area is 172 Å². The first-order valence-electron chi connectivity index (χ1n) is 9.55. The molecule has 11 nitrogen and oxygen atoms in total. The van der Waals surface area contributed by atoms with Crippen LogP contribution in [-0.4, -0.2) is 66.2 Å². The molecule has 2 amide bonds. The van der Waals surface area contributed by atoms with Crippen LogP contribution in [0.1, 0.15) is 29.8 Å². The van der Waals surface area contributed by atoms with Gasteiger partial charge < -0.3 is 15.4 Å². The van der Waals surface area contributed by atoms with Gasteiger partial charge in [0.1, 0.15) is 11.7 Å². The molecule has 4 heterocycles. The maximum absolute atomic E-state index is 13.2. The number of aromatic nitrogens is 6. The largest absolute Gasteiger partial charge is 0.481 e. The van der Waals surface area contributed by atoms with Crippen molar-refractivity contribution >= 4 is 11.8 Å². The van der Waals surface area contributed by atoms with Crippen molar-refractivity contribution in [3.05, 3.63) is 36.3 Å². The van der Waals surface area contributed by atoms with Gasteiger partial charge >= 0.3 is 0 Å². The van der Waals surface area contributed by atoms with Gasteiger partial charge in [-0.3, -0.25) is 14.3 Å². The van der Waals surface area contributed by atoms with Crippen LogP contribution in [0.3, 0.4) is 0 Å². The topological polar surface area (TPSA) is 134 Å². The van der Waals surface area contributed by atoms with E-state index in [1.807, 2.05) is 0 Å². The molecule has 30 heavy (non-hydrogen) atoms. The number of likely N-dealkylation sites (tertiary alicyclic amines) is 1. The predicted octanol–water partition coefficient (Wildman–Crippen LogP) is 0.551. The van der Waals surface area contributed by atoms with E-state index in [0.717, 1.165) is 12.8 Å². The second-order valence-electron chi connectivity index (χ2n) is 7.08. The van der Waals surface area contributed by atoms with Crippen LogP contribution in [0.25, 0.3) is 17.1 Å². The first-order chi connectivity index (χ1) is 14.5. The van der Waals surface area contributed by atoms with Crippen molar-refractivity contribution in [3.63, 3.8) is 0 Å². The summed E-state index contributed by atoms with van der Waals surface area (Å²) < 4.78 is 8.25. The number of pyridine rings is 1. The zero-order valence-corrected chi connectivity index (χ0v) is 16.7. The molecular weight excluding hydrogens is 388 g/mol. The number of methoxy groups -OCH3 is 1. The Balaban J connectivity index is 1.76. The summed E-state index contributed by atoms with van der Waals surface area (Å²) in [5.74, 6) is -0.388. The van der Waals surface area contributed by atoms with E-state index >= 15 is 0 Å². The second kappa shape index (κ2) is 7.93. The van der Waals surface area contributed by atoms with E-state index in [1.165, 1.54) is 12.0 Å². The Kier molecular flexibility index (Phi) is 5.17. The van der Waals surface area contributed by atoms with Gasteiger partial charge in [-0.15, -0.1) is 5.10 Å². The Hall–Kier alpha value is -3.76. The van der Waals surface area contributed by atoms with E-state index in [1.54, 1.807) is 47.0 Å². The zero-order chi connectivity index (χ0) is 21.3. The van der Waals surface area contributed by atoms with Crippen molar-refractivity contribution in [3.8, 4) is 23.0 Å². The van der Waals surface area contributed by atoms with Crippen molar-refractivity contribution in [2.24, 2.45) is 12.8 Å². The van der Waals surface area contributed by atoms with Gasteiger partial charge in [-0.2, -0.15) is 5.10 Å². The molecule has 11 heteroatoms. The molecule has 0 radical (unpaired) electrons. The number of amides is 2. The van der Waals surface area contributed by atoms with Crippen molar-refractivity contribution in [1.82, 2.24) is 34.7 Å². The fourth-order valence-electron chi connectivity index (χ4n) is 3.57. The molecular formula is C19H22N8O3. The lowest BCUT2D eigenvalue weighted by Gasteiger charge is -2.33. The molecule has 0 bridgehead atoms. The molecule has 0 saturated carbocycles. The number of primary amides is 1. The Morgan fingerprint density at radius 3 is 2.73 bits per heavy atom. The van der Waals surface area contributed by atoms with Gasteiger partial charge in [0.05, 0.1) is 30.9 Å². The highest BCUT2D eigenvalue weighted by Gasteiger charge is 2.33. The molecule has 4 rings (SSSR count). The van der Waals surface area contributed by atoms with Crippen molar-refractivity contribution in [2.75, 3.05) is 13.7 Å². The zero-order valence-electron chi connectivity index (χ0n) is 16.7. The molecule has 0 aliphatic carbocycles. The van der Waals surface area contributed by atoms with Gasteiger partial charge in [-0.25, -0.2) is 9.67 Å². The van der Waals surface area contributed by atoms with E-state index in [-0.39, 0.29) is 11.6 Å². The summed E-state index contributed by atoms with van der Waals surface area (Å²) in [6.07, 6.45) is 5.55. The smallest absolute Gasteiger partial charge is 0.275 e. The summed E-state index contributed by atoms with van der Waals surface area (Å²) in [4.78, 5) is 30.8. The van der Waals surface area contributed by atoms with Crippen LogP contribution < -0.4 is 10.5 Å². The number of rotatable bonds is 5. The Morgan fingerprint density at radius 1 is 1.27 bits per heavy atom. The molecule has 0 spiro atoms. The van der Waals surface area contributed by atoms with Crippen LogP contribution >= 0.6 is 0 Å². The van der Waals surface area contributed by atoms with Crippen molar-refractivity contribution in [2.45, 2.75) is 25.3 Å². The highest BCUT2D eigenvalue weighted by molar-refractivity contribution is 5.96. The monoisotopic (exact) mass is 410 g/mol. The number of piperidine rings is 1. The molecule has 156 valence electrons. The van der Waals surface area contributed by atoms with Crippen LogP contribution in [0.15, 0.2) is 30.6 Å². The first kappa shape index (κ1) is 19.6. The Bertz CT molecular complexity index is 1070.